The van der Waals surface area contributed by atoms with E-state index in [9.17, 15) is 0 Å². The average Bonchev–Trinajstić information content (AvgIpc) is 2.16. The van der Waals surface area contributed by atoms with Gasteiger partial charge in [0.05, 0.1) is 6.61 Å². The number of allylic oxidation sites excluding steroid dienone is 2. The van der Waals surface area contributed by atoms with Gasteiger partial charge in [-0.15, -0.1) is 0 Å². The van der Waals surface area contributed by atoms with Gasteiger partial charge in [-0.25, -0.2) is 0 Å². The van der Waals surface area contributed by atoms with E-state index in [1.165, 1.54) is 6.42 Å². The minimum absolute atomic E-state index is 0.608. The van der Waals surface area contributed by atoms with Gasteiger partial charge in [0, 0.05) is 13.2 Å². The summed E-state index contributed by atoms with van der Waals surface area (Å²) in [5.41, 5.74) is 5.28. The Bertz CT molecular complexity index is 141. The SMILES string of the molecule is CCCCOCC/C=C/C=C/CN. The number of rotatable bonds is 8. The number of unbranched alkanes of at least 4 members (excludes halogenated alkanes) is 1. The van der Waals surface area contributed by atoms with Crippen molar-refractivity contribution in [2.24, 2.45) is 5.73 Å². The van der Waals surface area contributed by atoms with E-state index < -0.39 is 0 Å². The summed E-state index contributed by atoms with van der Waals surface area (Å²) < 4.78 is 5.38. The number of ether oxygens (including phenoxy) is 1. The molecule has 0 aromatic heterocycles. The summed E-state index contributed by atoms with van der Waals surface area (Å²) in [5.74, 6) is 0. The minimum Gasteiger partial charge on any atom is -0.381 e. The van der Waals surface area contributed by atoms with Crippen LogP contribution in [0.25, 0.3) is 0 Å². The first kappa shape index (κ1) is 12.4. The number of hydrogen-bond donors (Lipinski definition) is 1. The predicted molar refractivity (Wildman–Crippen MR) is 57.7 cm³/mol. The summed E-state index contributed by atoms with van der Waals surface area (Å²) in [6.07, 6.45) is 11.3. The second kappa shape index (κ2) is 11.4. The molecule has 0 saturated carbocycles. The Balaban J connectivity index is 3.06. The third kappa shape index (κ3) is 11.4. The van der Waals surface area contributed by atoms with E-state index in [0.29, 0.717) is 6.54 Å². The third-order valence-electron chi connectivity index (χ3n) is 1.59. The molecule has 13 heavy (non-hydrogen) atoms. The summed E-state index contributed by atoms with van der Waals surface area (Å²) in [7, 11) is 0. The average molecular weight is 183 g/mol. The van der Waals surface area contributed by atoms with Gasteiger partial charge >= 0.3 is 0 Å². The molecule has 0 aliphatic heterocycles. The van der Waals surface area contributed by atoms with Crippen molar-refractivity contribution in [2.45, 2.75) is 26.2 Å². The highest BCUT2D eigenvalue weighted by Crippen LogP contribution is 1.90. The van der Waals surface area contributed by atoms with E-state index in [1.807, 2.05) is 18.2 Å². The highest BCUT2D eigenvalue weighted by Gasteiger charge is 1.83. The molecule has 0 radical (unpaired) electrons. The summed E-state index contributed by atoms with van der Waals surface area (Å²) in [5, 5.41) is 0. The lowest BCUT2D eigenvalue weighted by molar-refractivity contribution is 0.136. The Morgan fingerprint density at radius 2 is 1.92 bits per heavy atom. The molecule has 0 aromatic rings. The van der Waals surface area contributed by atoms with Crippen molar-refractivity contribution in [3.63, 3.8) is 0 Å². The third-order valence-corrected chi connectivity index (χ3v) is 1.59. The van der Waals surface area contributed by atoms with Crippen LogP contribution >= 0.6 is 0 Å². The van der Waals surface area contributed by atoms with Gasteiger partial charge in [-0.05, 0) is 12.8 Å². The first-order valence-electron chi connectivity index (χ1n) is 5.01. The minimum atomic E-state index is 0.608. The quantitative estimate of drug-likeness (QED) is 0.463. The maximum absolute atomic E-state index is 5.38. The molecule has 0 atom stereocenters. The zero-order valence-corrected chi connectivity index (χ0v) is 8.54. The van der Waals surface area contributed by atoms with Crippen molar-refractivity contribution < 1.29 is 4.74 Å². The summed E-state index contributed by atoms with van der Waals surface area (Å²) in [6.45, 7) is 4.49. The molecule has 0 bridgehead atoms. The van der Waals surface area contributed by atoms with E-state index in [1.54, 1.807) is 0 Å². The highest BCUT2D eigenvalue weighted by atomic mass is 16.5. The molecule has 0 heterocycles. The van der Waals surface area contributed by atoms with Gasteiger partial charge in [0.2, 0.25) is 0 Å². The monoisotopic (exact) mass is 183 g/mol. The first-order valence-corrected chi connectivity index (χ1v) is 5.01. The van der Waals surface area contributed by atoms with Crippen molar-refractivity contribution in [2.75, 3.05) is 19.8 Å². The van der Waals surface area contributed by atoms with Crippen LogP contribution in [0.1, 0.15) is 26.2 Å². The lowest BCUT2D eigenvalue weighted by atomic mass is 10.3. The molecule has 0 aromatic carbocycles. The molecule has 2 nitrogen and oxygen atoms in total. The van der Waals surface area contributed by atoms with E-state index in [4.69, 9.17) is 10.5 Å². The van der Waals surface area contributed by atoms with Crippen LogP contribution in [-0.2, 0) is 4.74 Å². The summed E-state index contributed by atoms with van der Waals surface area (Å²) >= 11 is 0. The fourth-order valence-electron chi connectivity index (χ4n) is 0.832. The van der Waals surface area contributed by atoms with Crippen LogP contribution in [0.5, 0.6) is 0 Å². The van der Waals surface area contributed by atoms with Crippen LogP contribution in [0.3, 0.4) is 0 Å². The standard InChI is InChI=1S/C11H21NO/c1-2-3-10-13-11-8-6-4-5-7-9-12/h4-7H,2-3,8-12H2,1H3/b6-4+,7-5+. The Hall–Kier alpha value is -0.600. The van der Waals surface area contributed by atoms with Gasteiger partial charge in [-0.3, -0.25) is 0 Å². The van der Waals surface area contributed by atoms with Gasteiger partial charge in [0.15, 0.2) is 0 Å². The molecule has 0 spiro atoms. The molecule has 0 unspecified atom stereocenters. The van der Waals surface area contributed by atoms with Crippen LogP contribution in [0, 0.1) is 0 Å². The molecule has 0 aliphatic rings. The normalized spacial score (nSPS) is 11.8. The van der Waals surface area contributed by atoms with Gasteiger partial charge in [0.25, 0.3) is 0 Å². The number of nitrogens with two attached hydrogens (primary N) is 1. The zero-order chi connectivity index (χ0) is 9.78. The van der Waals surface area contributed by atoms with E-state index in [0.717, 1.165) is 26.1 Å². The first-order chi connectivity index (χ1) is 6.41. The lowest BCUT2D eigenvalue weighted by Gasteiger charge is -1.98. The number of hydrogen-bond acceptors (Lipinski definition) is 2. The van der Waals surface area contributed by atoms with Crippen LogP contribution in [0.4, 0.5) is 0 Å². The Kier molecular flexibility index (Phi) is 10.9. The van der Waals surface area contributed by atoms with Gasteiger partial charge in [0.1, 0.15) is 0 Å². The van der Waals surface area contributed by atoms with Crippen LogP contribution in [0.15, 0.2) is 24.3 Å². The molecule has 0 amide bonds. The van der Waals surface area contributed by atoms with Gasteiger partial charge in [-0.2, -0.15) is 0 Å². The second-order valence-corrected chi connectivity index (χ2v) is 2.85. The van der Waals surface area contributed by atoms with E-state index >= 15 is 0 Å². The predicted octanol–water partition coefficient (Wildman–Crippen LogP) is 2.26. The maximum Gasteiger partial charge on any atom is 0.0500 e. The Morgan fingerprint density at radius 3 is 2.62 bits per heavy atom. The van der Waals surface area contributed by atoms with E-state index in [2.05, 4.69) is 13.0 Å². The fraction of sp³-hybridized carbons (Fsp3) is 0.636. The van der Waals surface area contributed by atoms with Crippen molar-refractivity contribution in [1.82, 2.24) is 0 Å². The zero-order valence-electron chi connectivity index (χ0n) is 8.54. The topological polar surface area (TPSA) is 35.2 Å². The molecular formula is C11H21NO. The Labute approximate surface area is 81.5 Å². The van der Waals surface area contributed by atoms with Crippen LogP contribution < -0.4 is 5.73 Å². The van der Waals surface area contributed by atoms with Crippen molar-refractivity contribution in [3.05, 3.63) is 24.3 Å². The molecule has 0 fully saturated rings. The van der Waals surface area contributed by atoms with Crippen molar-refractivity contribution in [1.29, 1.82) is 0 Å². The fourth-order valence-corrected chi connectivity index (χ4v) is 0.832. The molecule has 0 rings (SSSR count). The molecule has 2 N–H and O–H groups in total. The lowest BCUT2D eigenvalue weighted by Crippen LogP contribution is -1.94. The van der Waals surface area contributed by atoms with Crippen molar-refractivity contribution >= 4 is 0 Å². The van der Waals surface area contributed by atoms with Crippen LogP contribution in [-0.4, -0.2) is 19.8 Å². The maximum atomic E-state index is 5.38. The summed E-state index contributed by atoms with van der Waals surface area (Å²) in [6, 6.07) is 0. The second-order valence-electron chi connectivity index (χ2n) is 2.85. The smallest absolute Gasteiger partial charge is 0.0500 e. The molecule has 0 saturated heterocycles. The molecule has 2 heteroatoms. The molecule has 0 aliphatic carbocycles. The van der Waals surface area contributed by atoms with Crippen LogP contribution in [0.2, 0.25) is 0 Å². The largest absolute Gasteiger partial charge is 0.381 e. The van der Waals surface area contributed by atoms with Crippen molar-refractivity contribution in [3.8, 4) is 0 Å². The summed E-state index contributed by atoms with van der Waals surface area (Å²) in [4.78, 5) is 0. The molecular weight excluding hydrogens is 162 g/mol. The van der Waals surface area contributed by atoms with Gasteiger partial charge in [-0.1, -0.05) is 37.6 Å². The Morgan fingerprint density at radius 1 is 1.15 bits per heavy atom. The van der Waals surface area contributed by atoms with E-state index in [-0.39, 0.29) is 0 Å². The molecule has 76 valence electrons. The van der Waals surface area contributed by atoms with Gasteiger partial charge < -0.3 is 10.5 Å². The highest BCUT2D eigenvalue weighted by molar-refractivity contribution is 5.02.